The molecule has 0 aromatic heterocycles. The van der Waals surface area contributed by atoms with Crippen LogP contribution in [0.2, 0.25) is 0 Å². The van der Waals surface area contributed by atoms with Crippen LogP contribution in [0.25, 0.3) is 0 Å². The Morgan fingerprint density at radius 2 is 1.51 bits per heavy atom. The molecule has 3 fully saturated rings. The van der Waals surface area contributed by atoms with Crippen molar-refractivity contribution in [2.75, 3.05) is 50.3 Å². The first-order valence-electron chi connectivity index (χ1n) is 16.2. The zero-order valence-electron chi connectivity index (χ0n) is 25.6. The minimum atomic E-state index is -0.700. The molecule has 0 bridgehead atoms. The average molecular weight is 746 g/mol. The third-order valence-electron chi connectivity index (χ3n) is 9.91. The number of benzene rings is 2. The van der Waals surface area contributed by atoms with Gasteiger partial charge in [0.2, 0.25) is 5.91 Å². The number of anilines is 2. The molecule has 12 heteroatoms. The van der Waals surface area contributed by atoms with Crippen molar-refractivity contribution < 1.29 is 14.4 Å². The Hall–Kier alpha value is -2.83. The summed E-state index contributed by atoms with van der Waals surface area (Å²) in [5.41, 5.74) is 9.59. The van der Waals surface area contributed by atoms with Crippen LogP contribution in [-0.2, 0) is 17.8 Å². The maximum absolute atomic E-state index is 14.0. The standard InChI is InChI=1S/C33H43Br2N7O3/c34-26-18-22(19-27(35)30(26)36)20-29(31(43)40-14-8-24(9-15-40)39-12-4-1-5-13-39)38-32(44)41-16-10-25(11-17-41)42-21-23-6-2-3-7-28(23)37-33(42)45/h2-3,6-7,18-19,24-25,29H,1,4-5,8-17,20-21,36H2,(H,37,45)(H,38,44)/t29-/m1/s1. The molecule has 4 heterocycles. The molecule has 0 unspecified atom stereocenters. The van der Waals surface area contributed by atoms with Gasteiger partial charge in [-0.3, -0.25) is 4.79 Å². The van der Waals surface area contributed by atoms with Crippen LogP contribution in [0.15, 0.2) is 45.3 Å². The van der Waals surface area contributed by atoms with Crippen molar-refractivity contribution in [3.05, 3.63) is 56.5 Å². The average Bonchev–Trinajstić information content (AvgIpc) is 3.06. The number of hydrogen-bond donors (Lipinski definition) is 3. The molecule has 2 aromatic carbocycles. The molecule has 2 aromatic rings. The van der Waals surface area contributed by atoms with E-state index in [2.05, 4.69) is 47.4 Å². The summed E-state index contributed by atoms with van der Waals surface area (Å²) >= 11 is 7.05. The molecule has 6 rings (SSSR count). The highest BCUT2D eigenvalue weighted by Crippen LogP contribution is 2.31. The molecule has 0 aliphatic carbocycles. The first-order valence-corrected chi connectivity index (χ1v) is 17.8. The molecule has 45 heavy (non-hydrogen) atoms. The quantitative estimate of drug-likeness (QED) is 0.343. The number of para-hydroxylation sites is 1. The van der Waals surface area contributed by atoms with Crippen molar-refractivity contribution in [3.63, 3.8) is 0 Å². The van der Waals surface area contributed by atoms with Gasteiger partial charge in [-0.15, -0.1) is 0 Å². The van der Waals surface area contributed by atoms with E-state index in [1.165, 1.54) is 19.3 Å². The molecule has 5 amide bonds. The first-order chi connectivity index (χ1) is 21.8. The van der Waals surface area contributed by atoms with Gasteiger partial charge < -0.3 is 36.0 Å². The summed E-state index contributed by atoms with van der Waals surface area (Å²) < 4.78 is 1.50. The number of nitrogens with zero attached hydrogens (tertiary/aromatic N) is 4. The second-order valence-electron chi connectivity index (χ2n) is 12.8. The van der Waals surface area contributed by atoms with E-state index in [1.54, 1.807) is 4.90 Å². The normalized spacial score (nSPS) is 20.8. The van der Waals surface area contributed by atoms with Crippen LogP contribution in [0, 0.1) is 0 Å². The predicted octanol–water partition coefficient (Wildman–Crippen LogP) is 5.40. The highest BCUT2D eigenvalue weighted by Gasteiger charge is 2.35. The van der Waals surface area contributed by atoms with Gasteiger partial charge in [-0.05, 0) is 113 Å². The maximum Gasteiger partial charge on any atom is 0.322 e. The Labute approximate surface area is 282 Å². The van der Waals surface area contributed by atoms with E-state index < -0.39 is 6.04 Å². The summed E-state index contributed by atoms with van der Waals surface area (Å²) in [5, 5.41) is 6.11. The van der Waals surface area contributed by atoms with Crippen LogP contribution in [0.3, 0.4) is 0 Å². The Bertz CT molecular complexity index is 1380. The van der Waals surface area contributed by atoms with Gasteiger partial charge >= 0.3 is 12.1 Å². The summed E-state index contributed by atoms with van der Waals surface area (Å²) in [7, 11) is 0. The molecule has 0 spiro atoms. The summed E-state index contributed by atoms with van der Waals surface area (Å²) in [5.74, 6) is -0.0388. The van der Waals surface area contributed by atoms with Crippen LogP contribution in [0.1, 0.15) is 56.1 Å². The molecule has 0 radical (unpaired) electrons. The van der Waals surface area contributed by atoms with Crippen molar-refractivity contribution in [2.24, 2.45) is 0 Å². The van der Waals surface area contributed by atoms with Crippen molar-refractivity contribution in [1.29, 1.82) is 0 Å². The van der Waals surface area contributed by atoms with Gasteiger partial charge in [0.1, 0.15) is 6.04 Å². The van der Waals surface area contributed by atoms with Crippen LogP contribution >= 0.6 is 31.9 Å². The monoisotopic (exact) mass is 743 g/mol. The van der Waals surface area contributed by atoms with Gasteiger partial charge in [0.15, 0.2) is 0 Å². The number of carbonyl (C=O) groups is 3. The van der Waals surface area contributed by atoms with Gasteiger partial charge in [-0.2, -0.15) is 0 Å². The lowest BCUT2D eigenvalue weighted by molar-refractivity contribution is -0.134. The lowest BCUT2D eigenvalue weighted by Crippen LogP contribution is -2.57. The third kappa shape index (κ3) is 7.44. The van der Waals surface area contributed by atoms with E-state index in [1.807, 2.05) is 46.2 Å². The Kier molecular flexibility index (Phi) is 10.2. The number of nitrogen functional groups attached to an aromatic ring is 1. The molecular weight excluding hydrogens is 702 g/mol. The number of rotatable bonds is 6. The number of urea groups is 2. The smallest absolute Gasteiger partial charge is 0.322 e. The van der Waals surface area contributed by atoms with E-state index in [0.29, 0.717) is 63.7 Å². The van der Waals surface area contributed by atoms with Gasteiger partial charge in [0.05, 0.1) is 5.69 Å². The number of amides is 5. The molecule has 4 aliphatic rings. The van der Waals surface area contributed by atoms with Crippen molar-refractivity contribution in [3.8, 4) is 0 Å². The SMILES string of the molecule is Nc1c(Br)cc(C[C@@H](NC(=O)N2CCC(N3Cc4ccccc4NC3=O)CC2)C(=O)N2CCC(N3CCCCC3)CC2)cc1Br. The fraction of sp³-hybridized carbons (Fsp3) is 0.545. The summed E-state index contributed by atoms with van der Waals surface area (Å²) in [6.45, 7) is 5.32. The van der Waals surface area contributed by atoms with Gasteiger partial charge in [0, 0.05) is 65.9 Å². The number of hydrogen-bond acceptors (Lipinski definition) is 5. The molecular formula is C33H43Br2N7O3. The van der Waals surface area contributed by atoms with Crippen LogP contribution in [0.4, 0.5) is 21.0 Å². The number of carbonyl (C=O) groups excluding carboxylic acids is 3. The highest BCUT2D eigenvalue weighted by molar-refractivity contribution is 9.11. The van der Waals surface area contributed by atoms with E-state index in [-0.39, 0.29) is 24.0 Å². The number of likely N-dealkylation sites (tertiary alicyclic amines) is 3. The van der Waals surface area contributed by atoms with E-state index >= 15 is 0 Å². The van der Waals surface area contributed by atoms with Crippen molar-refractivity contribution >= 4 is 61.2 Å². The first kappa shape index (κ1) is 32.1. The number of nitrogens with one attached hydrogen (secondary N) is 2. The van der Waals surface area contributed by atoms with Crippen molar-refractivity contribution in [1.82, 2.24) is 24.9 Å². The number of piperidine rings is 3. The van der Waals surface area contributed by atoms with E-state index in [0.717, 1.165) is 51.7 Å². The fourth-order valence-corrected chi connectivity index (χ4v) is 8.57. The largest absolute Gasteiger partial charge is 0.397 e. The molecule has 1 atom stereocenters. The Morgan fingerprint density at radius 1 is 0.889 bits per heavy atom. The summed E-state index contributed by atoms with van der Waals surface area (Å²) in [6.07, 6.45) is 7.49. The van der Waals surface area contributed by atoms with Crippen LogP contribution < -0.4 is 16.4 Å². The molecule has 10 nitrogen and oxygen atoms in total. The Balaban J connectivity index is 1.09. The lowest BCUT2D eigenvalue weighted by Gasteiger charge is -2.42. The van der Waals surface area contributed by atoms with Gasteiger partial charge in [-0.1, -0.05) is 24.6 Å². The van der Waals surface area contributed by atoms with E-state index in [4.69, 9.17) is 5.73 Å². The Morgan fingerprint density at radius 3 is 2.20 bits per heavy atom. The minimum Gasteiger partial charge on any atom is -0.397 e. The molecule has 4 aliphatic heterocycles. The van der Waals surface area contributed by atoms with Crippen LogP contribution in [-0.4, -0.2) is 95.0 Å². The minimum absolute atomic E-state index is 0.0388. The fourth-order valence-electron chi connectivity index (χ4n) is 7.28. The van der Waals surface area contributed by atoms with Crippen LogP contribution in [0.5, 0.6) is 0 Å². The second kappa shape index (κ2) is 14.3. The molecule has 4 N–H and O–H groups in total. The van der Waals surface area contributed by atoms with Gasteiger partial charge in [-0.25, -0.2) is 9.59 Å². The predicted molar refractivity (Wildman–Crippen MR) is 183 cm³/mol. The number of fused-ring (bicyclic) bond motifs is 1. The topological polar surface area (TPSA) is 114 Å². The second-order valence-corrected chi connectivity index (χ2v) is 14.5. The zero-order chi connectivity index (χ0) is 31.5. The third-order valence-corrected chi connectivity index (χ3v) is 11.2. The molecule has 0 saturated carbocycles. The maximum atomic E-state index is 14.0. The van der Waals surface area contributed by atoms with E-state index in [9.17, 15) is 14.4 Å². The molecule has 242 valence electrons. The highest BCUT2D eigenvalue weighted by atomic mass is 79.9. The lowest BCUT2D eigenvalue weighted by atomic mass is 9.98. The summed E-state index contributed by atoms with van der Waals surface area (Å²) in [6, 6.07) is 11.3. The number of nitrogens with two attached hydrogens (primary N) is 1. The van der Waals surface area contributed by atoms with Crippen molar-refractivity contribution in [2.45, 2.75) is 76.0 Å². The zero-order valence-corrected chi connectivity index (χ0v) is 28.8. The van der Waals surface area contributed by atoms with Gasteiger partial charge in [0.25, 0.3) is 0 Å². The summed E-state index contributed by atoms with van der Waals surface area (Å²) in [4.78, 5) is 48.7. The molecule has 3 saturated heterocycles. The number of halogens is 2.